The molecule has 2 nitrogen and oxygen atoms in total. The van der Waals surface area contributed by atoms with Gasteiger partial charge in [-0.15, -0.1) is 0 Å². The van der Waals surface area contributed by atoms with Crippen molar-refractivity contribution in [2.45, 2.75) is 13.3 Å². The monoisotopic (exact) mass is 150 g/mol. The van der Waals surface area contributed by atoms with Gasteiger partial charge in [0.25, 0.3) is 0 Å². The van der Waals surface area contributed by atoms with Gasteiger partial charge in [0, 0.05) is 12.0 Å². The van der Waals surface area contributed by atoms with Crippen molar-refractivity contribution in [2.24, 2.45) is 0 Å². The van der Waals surface area contributed by atoms with Gasteiger partial charge in [-0.25, -0.2) is 4.79 Å². The van der Waals surface area contributed by atoms with E-state index in [1.165, 1.54) is 0 Å². The third-order valence-corrected chi connectivity index (χ3v) is 1.41. The Hall–Kier alpha value is -1.27. The van der Waals surface area contributed by atoms with E-state index in [0.717, 1.165) is 5.76 Å². The first-order chi connectivity index (χ1) is 5.36. The van der Waals surface area contributed by atoms with Gasteiger partial charge in [0.2, 0.25) is 0 Å². The Balaban J connectivity index is 2.59. The van der Waals surface area contributed by atoms with Crippen LogP contribution in [0.15, 0.2) is 29.6 Å². The number of rotatable bonds is 2. The molecule has 0 fully saturated rings. The second-order valence-electron chi connectivity index (χ2n) is 2.20. The third kappa shape index (κ3) is 2.10. The second kappa shape index (κ2) is 3.79. The summed E-state index contributed by atoms with van der Waals surface area (Å²) in [5.74, 6) is 2.69. The quantitative estimate of drug-likeness (QED) is 0.559. The van der Waals surface area contributed by atoms with Crippen LogP contribution in [0.25, 0.3) is 0 Å². The average Bonchev–Trinajstić information content (AvgIpc) is 2.07. The van der Waals surface area contributed by atoms with Gasteiger partial charge in [0.05, 0.1) is 6.61 Å². The number of allylic oxidation sites excluding steroid dienone is 4. The summed E-state index contributed by atoms with van der Waals surface area (Å²) < 4.78 is 5.21. The summed E-state index contributed by atoms with van der Waals surface area (Å²) in [5.41, 5.74) is 0.674. The number of carbonyl (C=O) groups excluding carboxylic acids is 1. The van der Waals surface area contributed by atoms with Gasteiger partial charge in [-0.05, 0) is 25.2 Å². The summed E-state index contributed by atoms with van der Waals surface area (Å²) in [6.45, 7) is 2.59. The molecule has 0 spiro atoms. The lowest BCUT2D eigenvalue weighted by molar-refractivity contribution is 0.241. The molecule has 1 aliphatic rings. The maximum absolute atomic E-state index is 10.1. The van der Waals surface area contributed by atoms with Gasteiger partial charge in [0.1, 0.15) is 11.7 Å². The van der Waals surface area contributed by atoms with Crippen LogP contribution in [-0.4, -0.2) is 12.5 Å². The van der Waals surface area contributed by atoms with Crippen LogP contribution in [0.2, 0.25) is 0 Å². The maximum Gasteiger partial charge on any atom is 0.128 e. The highest BCUT2D eigenvalue weighted by Crippen LogP contribution is 2.13. The molecule has 0 N–H and O–H groups in total. The lowest BCUT2D eigenvalue weighted by Crippen LogP contribution is -1.93. The van der Waals surface area contributed by atoms with E-state index < -0.39 is 0 Å². The van der Waals surface area contributed by atoms with Crippen LogP contribution in [0.4, 0.5) is 0 Å². The molecule has 58 valence electrons. The Labute approximate surface area is 65.9 Å². The zero-order valence-electron chi connectivity index (χ0n) is 6.46. The molecule has 0 unspecified atom stereocenters. The molecule has 0 aromatic heterocycles. The predicted octanol–water partition coefficient (Wildman–Crippen LogP) is 1.62. The predicted molar refractivity (Wildman–Crippen MR) is 42.7 cm³/mol. The summed E-state index contributed by atoms with van der Waals surface area (Å²) >= 11 is 0. The number of ether oxygens (including phenoxy) is 1. The van der Waals surface area contributed by atoms with E-state index in [4.69, 9.17) is 4.74 Å². The smallest absolute Gasteiger partial charge is 0.128 e. The van der Waals surface area contributed by atoms with E-state index in [1.807, 2.05) is 18.9 Å². The SMILES string of the molecule is CCOC1=CCC(=C=O)C=C1. The molecule has 0 bridgehead atoms. The van der Waals surface area contributed by atoms with Crippen molar-refractivity contribution >= 4 is 5.94 Å². The van der Waals surface area contributed by atoms with E-state index in [-0.39, 0.29) is 0 Å². The van der Waals surface area contributed by atoms with E-state index >= 15 is 0 Å². The van der Waals surface area contributed by atoms with Crippen molar-refractivity contribution in [3.8, 4) is 0 Å². The summed E-state index contributed by atoms with van der Waals surface area (Å²) in [5, 5.41) is 0. The summed E-state index contributed by atoms with van der Waals surface area (Å²) in [7, 11) is 0. The largest absolute Gasteiger partial charge is 0.494 e. The molecule has 2 heteroatoms. The van der Waals surface area contributed by atoms with Crippen LogP contribution in [0, 0.1) is 0 Å². The summed E-state index contributed by atoms with van der Waals surface area (Å²) in [6.07, 6.45) is 6.03. The molecule has 1 aliphatic carbocycles. The van der Waals surface area contributed by atoms with E-state index in [0.29, 0.717) is 18.6 Å². The first-order valence-corrected chi connectivity index (χ1v) is 3.62. The highest BCUT2D eigenvalue weighted by Gasteiger charge is 2.00. The molecule has 0 saturated heterocycles. The molecule has 0 saturated carbocycles. The van der Waals surface area contributed by atoms with Crippen molar-refractivity contribution in [2.75, 3.05) is 6.61 Å². The van der Waals surface area contributed by atoms with Crippen LogP contribution in [0.5, 0.6) is 0 Å². The Morgan fingerprint density at radius 3 is 2.91 bits per heavy atom. The molecule has 0 amide bonds. The van der Waals surface area contributed by atoms with E-state index in [9.17, 15) is 4.79 Å². The van der Waals surface area contributed by atoms with Gasteiger partial charge in [-0.2, -0.15) is 0 Å². The lowest BCUT2D eigenvalue weighted by Gasteiger charge is -2.06. The summed E-state index contributed by atoms with van der Waals surface area (Å²) in [4.78, 5) is 10.1. The minimum atomic E-state index is 0.634. The van der Waals surface area contributed by atoms with Gasteiger partial charge in [-0.1, -0.05) is 0 Å². The fourth-order valence-corrected chi connectivity index (χ4v) is 0.879. The molecular weight excluding hydrogens is 140 g/mol. The molecule has 11 heavy (non-hydrogen) atoms. The lowest BCUT2D eigenvalue weighted by atomic mass is 10.1. The molecule has 1 rings (SSSR count). The molecule has 0 heterocycles. The molecule has 0 aromatic rings. The topological polar surface area (TPSA) is 26.3 Å². The highest BCUT2D eigenvalue weighted by atomic mass is 16.5. The first-order valence-electron chi connectivity index (χ1n) is 3.62. The van der Waals surface area contributed by atoms with Gasteiger partial charge in [0.15, 0.2) is 0 Å². The second-order valence-corrected chi connectivity index (χ2v) is 2.20. The minimum absolute atomic E-state index is 0.634. The van der Waals surface area contributed by atoms with Crippen molar-refractivity contribution < 1.29 is 9.53 Å². The van der Waals surface area contributed by atoms with Gasteiger partial charge < -0.3 is 4.74 Å². The van der Waals surface area contributed by atoms with Crippen molar-refractivity contribution in [1.82, 2.24) is 0 Å². The van der Waals surface area contributed by atoms with E-state index in [1.54, 1.807) is 12.2 Å². The fourth-order valence-electron chi connectivity index (χ4n) is 0.879. The average molecular weight is 150 g/mol. The Morgan fingerprint density at radius 2 is 2.45 bits per heavy atom. The summed E-state index contributed by atoms with van der Waals surface area (Å²) in [6, 6.07) is 0. The fraction of sp³-hybridized carbons (Fsp3) is 0.333. The molecule has 0 atom stereocenters. The van der Waals surface area contributed by atoms with Crippen LogP contribution in [0.3, 0.4) is 0 Å². The Morgan fingerprint density at radius 1 is 1.64 bits per heavy atom. The molecular formula is C9H10O2. The number of hydrogen-bond donors (Lipinski definition) is 0. The molecule has 0 aliphatic heterocycles. The number of hydrogen-bond acceptors (Lipinski definition) is 2. The van der Waals surface area contributed by atoms with Crippen LogP contribution >= 0.6 is 0 Å². The van der Waals surface area contributed by atoms with Gasteiger partial charge >= 0.3 is 0 Å². The maximum atomic E-state index is 10.1. The molecule has 0 aromatic carbocycles. The minimum Gasteiger partial charge on any atom is -0.494 e. The first kappa shape index (κ1) is 7.83. The Kier molecular flexibility index (Phi) is 2.70. The van der Waals surface area contributed by atoms with Crippen LogP contribution in [-0.2, 0) is 9.53 Å². The zero-order valence-corrected chi connectivity index (χ0v) is 6.46. The van der Waals surface area contributed by atoms with Crippen molar-refractivity contribution in [1.29, 1.82) is 0 Å². The van der Waals surface area contributed by atoms with Crippen molar-refractivity contribution in [3.05, 3.63) is 29.6 Å². The highest BCUT2D eigenvalue weighted by molar-refractivity contribution is 5.59. The third-order valence-electron chi connectivity index (χ3n) is 1.41. The van der Waals surface area contributed by atoms with E-state index in [2.05, 4.69) is 0 Å². The standard InChI is InChI=1S/C9H10O2/c1-2-11-9-5-3-8(7-10)4-6-9/h3,5-6H,2,4H2,1H3. The van der Waals surface area contributed by atoms with Crippen LogP contribution < -0.4 is 0 Å². The normalized spacial score (nSPS) is 15.7. The van der Waals surface area contributed by atoms with Gasteiger partial charge in [-0.3, -0.25) is 0 Å². The zero-order chi connectivity index (χ0) is 8.10. The Bertz CT molecular complexity index is 242. The van der Waals surface area contributed by atoms with Crippen molar-refractivity contribution in [3.63, 3.8) is 0 Å². The molecule has 0 radical (unpaired) electrons. The van der Waals surface area contributed by atoms with Crippen LogP contribution in [0.1, 0.15) is 13.3 Å².